The van der Waals surface area contributed by atoms with Gasteiger partial charge in [-0.15, -0.1) is 0 Å². The van der Waals surface area contributed by atoms with E-state index in [0.717, 1.165) is 37.3 Å². The third-order valence-corrected chi connectivity index (χ3v) is 7.32. The van der Waals surface area contributed by atoms with Crippen molar-refractivity contribution >= 4 is 35.1 Å². The fourth-order valence-electron chi connectivity index (χ4n) is 4.86. The highest BCUT2D eigenvalue weighted by atomic mass is 35.5. The minimum atomic E-state index is -0.603. The summed E-state index contributed by atoms with van der Waals surface area (Å²) in [5, 5.41) is 3.25. The number of anilines is 1. The number of methoxy groups -OCH3 is 3. The summed E-state index contributed by atoms with van der Waals surface area (Å²) in [6, 6.07) is 15.7. The van der Waals surface area contributed by atoms with Crippen molar-refractivity contribution in [2.75, 3.05) is 52.8 Å². The third-order valence-electron chi connectivity index (χ3n) is 6.99. The summed E-state index contributed by atoms with van der Waals surface area (Å²) in [6.45, 7) is 4.48. The van der Waals surface area contributed by atoms with Gasteiger partial charge in [0.2, 0.25) is 5.75 Å². The summed E-state index contributed by atoms with van der Waals surface area (Å²) in [7, 11) is 4.81. The smallest absolute Gasteiger partial charge is 0.280 e. The Morgan fingerprint density at radius 2 is 1.48 bits per heavy atom. The van der Waals surface area contributed by atoms with Crippen LogP contribution in [0.2, 0.25) is 5.02 Å². The van der Waals surface area contributed by atoms with Gasteiger partial charge in [0.05, 0.1) is 31.9 Å². The number of nitrogens with zero attached hydrogens (tertiary/aromatic N) is 3. The van der Waals surface area contributed by atoms with E-state index < -0.39 is 5.91 Å². The molecule has 0 spiro atoms. The summed E-state index contributed by atoms with van der Waals surface area (Å²) >= 11 is 6.25. The molecule has 1 aliphatic heterocycles. The highest BCUT2D eigenvalue weighted by Gasteiger charge is 2.23. The van der Waals surface area contributed by atoms with Crippen LogP contribution in [-0.2, 0) is 13.1 Å². The number of carbonyl (C=O) groups excluding carboxylic acids is 2. The van der Waals surface area contributed by atoms with Gasteiger partial charge in [-0.1, -0.05) is 35.9 Å². The summed E-state index contributed by atoms with van der Waals surface area (Å²) in [5.74, 6) is 0.523. The molecule has 42 heavy (non-hydrogen) atoms. The minimum absolute atomic E-state index is 0.246. The lowest BCUT2D eigenvalue weighted by molar-refractivity contribution is 0.0998. The van der Waals surface area contributed by atoms with Crippen LogP contribution in [0.25, 0.3) is 0 Å². The third kappa shape index (κ3) is 7.30. The molecule has 0 aromatic heterocycles. The second-order valence-corrected chi connectivity index (χ2v) is 10.1. The lowest BCUT2D eigenvalue weighted by Gasteiger charge is -2.35. The second-order valence-electron chi connectivity index (χ2n) is 9.69. The van der Waals surface area contributed by atoms with Crippen molar-refractivity contribution in [3.63, 3.8) is 0 Å². The Morgan fingerprint density at radius 3 is 2.07 bits per heavy atom. The molecule has 2 amide bonds. The molecule has 1 heterocycles. The molecule has 0 atom stereocenters. The Balaban J connectivity index is 1.48. The number of hydrogen-bond acceptors (Lipinski definition) is 7. The number of aliphatic imine (C=N–C) groups is 1. The predicted octanol–water partition coefficient (Wildman–Crippen LogP) is 3.35. The van der Waals surface area contributed by atoms with Crippen molar-refractivity contribution in [2.45, 2.75) is 13.1 Å². The fraction of sp³-hybridized carbons (Fsp3) is 0.300. The SMILES string of the molecule is COc1ccc(CN2CCN(Cc3ccc(C(=O)N=C(N)N)cc3NC(=O)c3ccccc3Cl)CC2)c(OC)c1OC. The summed E-state index contributed by atoms with van der Waals surface area (Å²) in [5.41, 5.74) is 13.7. The average Bonchev–Trinajstić information content (AvgIpc) is 2.98. The van der Waals surface area contributed by atoms with Crippen LogP contribution in [0.5, 0.6) is 17.2 Å². The number of ether oxygens (including phenoxy) is 3. The molecule has 0 aliphatic carbocycles. The number of guanidine groups is 1. The minimum Gasteiger partial charge on any atom is -0.493 e. The van der Waals surface area contributed by atoms with E-state index in [4.69, 9.17) is 37.3 Å². The zero-order valence-corrected chi connectivity index (χ0v) is 24.6. The molecule has 0 bridgehead atoms. The first kappa shape index (κ1) is 30.6. The number of halogens is 1. The van der Waals surface area contributed by atoms with Crippen molar-refractivity contribution in [1.29, 1.82) is 0 Å². The van der Waals surface area contributed by atoms with Gasteiger partial charge in [-0.2, -0.15) is 4.99 Å². The molecule has 12 heteroatoms. The Hall–Kier alpha value is -4.32. The average molecular weight is 595 g/mol. The van der Waals surface area contributed by atoms with Crippen LogP contribution in [0, 0.1) is 0 Å². The molecule has 0 radical (unpaired) electrons. The highest BCUT2D eigenvalue weighted by molar-refractivity contribution is 6.34. The molecule has 5 N–H and O–H groups in total. The van der Waals surface area contributed by atoms with Crippen molar-refractivity contribution in [3.8, 4) is 17.2 Å². The van der Waals surface area contributed by atoms with Gasteiger partial charge in [0.25, 0.3) is 11.8 Å². The number of nitrogens with two attached hydrogens (primary N) is 2. The van der Waals surface area contributed by atoms with E-state index in [1.165, 1.54) is 0 Å². The Kier molecular flexibility index (Phi) is 10.2. The number of piperazine rings is 1. The van der Waals surface area contributed by atoms with Crippen LogP contribution in [0.4, 0.5) is 5.69 Å². The standard InChI is InChI=1S/C30H35ClN6O5/c1-40-25-11-10-21(26(41-2)27(25)42-3)18-37-14-12-36(13-15-37)17-20-9-8-19(28(38)35-30(32)33)16-24(20)34-29(39)22-6-4-5-7-23(22)31/h4-11,16H,12-15,17-18H2,1-3H3,(H,34,39)(H4,32,33,35,38). The second kappa shape index (κ2) is 14.0. The van der Waals surface area contributed by atoms with E-state index in [1.54, 1.807) is 63.8 Å². The van der Waals surface area contributed by atoms with Gasteiger partial charge >= 0.3 is 0 Å². The topological polar surface area (TPSA) is 145 Å². The lowest BCUT2D eigenvalue weighted by atomic mass is 10.1. The molecule has 3 aromatic carbocycles. The molecule has 1 saturated heterocycles. The number of hydrogen-bond donors (Lipinski definition) is 3. The van der Waals surface area contributed by atoms with Gasteiger partial charge in [-0.05, 0) is 35.9 Å². The Bertz CT molecular complexity index is 1470. The molecule has 3 aromatic rings. The van der Waals surface area contributed by atoms with Gasteiger partial charge in [0.1, 0.15) is 0 Å². The van der Waals surface area contributed by atoms with E-state index in [9.17, 15) is 9.59 Å². The van der Waals surface area contributed by atoms with Gasteiger partial charge in [-0.25, -0.2) is 0 Å². The first-order valence-corrected chi connectivity index (χ1v) is 13.7. The monoisotopic (exact) mass is 594 g/mol. The maximum absolute atomic E-state index is 13.1. The number of benzene rings is 3. The van der Waals surface area contributed by atoms with Crippen molar-refractivity contribution in [3.05, 3.63) is 81.9 Å². The first-order valence-electron chi connectivity index (χ1n) is 13.3. The lowest BCUT2D eigenvalue weighted by Crippen LogP contribution is -2.45. The van der Waals surface area contributed by atoms with Crippen LogP contribution in [0.1, 0.15) is 31.8 Å². The van der Waals surface area contributed by atoms with Crippen molar-refractivity contribution in [2.24, 2.45) is 16.5 Å². The van der Waals surface area contributed by atoms with E-state index in [0.29, 0.717) is 46.6 Å². The van der Waals surface area contributed by atoms with Crippen LogP contribution in [0.3, 0.4) is 0 Å². The van der Waals surface area contributed by atoms with E-state index in [-0.39, 0.29) is 17.4 Å². The van der Waals surface area contributed by atoms with Crippen molar-refractivity contribution < 1.29 is 23.8 Å². The van der Waals surface area contributed by atoms with Gasteiger partial charge in [-0.3, -0.25) is 19.4 Å². The van der Waals surface area contributed by atoms with Crippen LogP contribution in [-0.4, -0.2) is 75.1 Å². The molecule has 0 saturated carbocycles. The summed E-state index contributed by atoms with van der Waals surface area (Å²) < 4.78 is 16.6. The highest BCUT2D eigenvalue weighted by Crippen LogP contribution is 2.40. The van der Waals surface area contributed by atoms with Crippen molar-refractivity contribution in [1.82, 2.24) is 9.80 Å². The normalized spacial score (nSPS) is 13.7. The number of nitrogens with one attached hydrogen (secondary N) is 1. The zero-order valence-electron chi connectivity index (χ0n) is 23.9. The van der Waals surface area contributed by atoms with Crippen LogP contribution in [0.15, 0.2) is 59.6 Å². The van der Waals surface area contributed by atoms with Crippen LogP contribution >= 0.6 is 11.6 Å². The van der Waals surface area contributed by atoms with Gasteiger partial charge in [0.15, 0.2) is 17.5 Å². The molecule has 1 fully saturated rings. The predicted molar refractivity (Wildman–Crippen MR) is 163 cm³/mol. The molecule has 11 nitrogen and oxygen atoms in total. The summed E-state index contributed by atoms with van der Waals surface area (Å²) in [6.07, 6.45) is 0. The number of carbonyl (C=O) groups is 2. The van der Waals surface area contributed by atoms with Gasteiger partial charge in [0, 0.05) is 56.1 Å². The molecule has 4 rings (SSSR count). The maximum atomic E-state index is 13.1. The summed E-state index contributed by atoms with van der Waals surface area (Å²) in [4.78, 5) is 33.9. The molecule has 1 aliphatic rings. The number of rotatable bonds is 10. The zero-order chi connectivity index (χ0) is 30.2. The Morgan fingerprint density at radius 1 is 0.857 bits per heavy atom. The van der Waals surface area contributed by atoms with Crippen LogP contribution < -0.4 is 31.0 Å². The maximum Gasteiger partial charge on any atom is 0.280 e. The molecule has 0 unspecified atom stereocenters. The fourth-order valence-corrected chi connectivity index (χ4v) is 5.08. The quantitative estimate of drug-likeness (QED) is 0.238. The molecular weight excluding hydrogens is 560 g/mol. The van der Waals surface area contributed by atoms with Gasteiger partial charge < -0.3 is 31.0 Å². The largest absolute Gasteiger partial charge is 0.493 e. The Labute approximate surface area is 250 Å². The first-order chi connectivity index (χ1) is 20.2. The van der Waals surface area contributed by atoms with E-state index >= 15 is 0 Å². The number of amides is 2. The molecular formula is C30H35ClN6O5. The molecule has 222 valence electrons. The van der Waals surface area contributed by atoms with E-state index in [2.05, 4.69) is 20.1 Å². The van der Waals surface area contributed by atoms with E-state index in [1.807, 2.05) is 12.1 Å².